The molecule has 0 saturated heterocycles. The van der Waals surface area contributed by atoms with Crippen LogP contribution in [-0.4, -0.2) is 47.4 Å². The molecule has 0 aliphatic heterocycles. The third-order valence-electron chi connectivity index (χ3n) is 4.21. The molecule has 0 unspecified atom stereocenters. The van der Waals surface area contributed by atoms with Crippen LogP contribution in [0.1, 0.15) is 51.9 Å². The number of nitrogens with zero attached hydrogens (tertiary/aromatic N) is 1. The van der Waals surface area contributed by atoms with E-state index in [0.717, 1.165) is 12.8 Å². The van der Waals surface area contributed by atoms with Crippen molar-refractivity contribution in [2.45, 2.75) is 57.4 Å². The lowest BCUT2D eigenvalue weighted by Crippen LogP contribution is -2.56. The molecule has 0 aromatic heterocycles. The van der Waals surface area contributed by atoms with E-state index in [-0.39, 0.29) is 18.2 Å². The maximum atomic E-state index is 12.0. The third-order valence-corrected chi connectivity index (χ3v) is 4.21. The first-order valence-electron chi connectivity index (χ1n) is 7.51. The molecule has 0 heterocycles. The van der Waals surface area contributed by atoms with E-state index < -0.39 is 11.5 Å². The summed E-state index contributed by atoms with van der Waals surface area (Å²) in [4.78, 5) is 36.4. The number of hydrogen-bond donors (Lipinski definition) is 2. The Morgan fingerprint density at radius 1 is 1.19 bits per heavy atom. The monoisotopic (exact) mass is 298 g/mol. The lowest BCUT2D eigenvalue weighted by Gasteiger charge is -2.36. The average Bonchev–Trinajstić information content (AvgIpc) is 2.41. The zero-order valence-corrected chi connectivity index (χ0v) is 13.1. The van der Waals surface area contributed by atoms with Gasteiger partial charge in [-0.15, -0.1) is 0 Å². The molecule has 1 aliphatic carbocycles. The van der Waals surface area contributed by atoms with Gasteiger partial charge in [0.25, 0.3) is 0 Å². The summed E-state index contributed by atoms with van der Waals surface area (Å²) in [5.74, 6) is -0.750. The fourth-order valence-electron chi connectivity index (χ4n) is 2.60. The Morgan fingerprint density at radius 3 is 2.24 bits per heavy atom. The molecular weight excluding hydrogens is 272 g/mol. The van der Waals surface area contributed by atoms with Gasteiger partial charge in [0.2, 0.25) is 11.8 Å². The summed E-state index contributed by atoms with van der Waals surface area (Å²) in [6.45, 7) is 2.10. The molecule has 1 saturated carbocycles. The van der Waals surface area contributed by atoms with E-state index in [9.17, 15) is 19.5 Å². The van der Waals surface area contributed by atoms with E-state index in [1.165, 1.54) is 4.90 Å². The largest absolute Gasteiger partial charge is 0.480 e. The first-order chi connectivity index (χ1) is 9.77. The average molecular weight is 298 g/mol. The first kappa shape index (κ1) is 17.5. The van der Waals surface area contributed by atoms with Crippen LogP contribution in [0, 0.1) is 5.92 Å². The van der Waals surface area contributed by atoms with Crippen molar-refractivity contribution in [2.24, 2.45) is 5.92 Å². The highest BCUT2D eigenvalue weighted by atomic mass is 16.4. The Morgan fingerprint density at radius 2 is 1.76 bits per heavy atom. The van der Waals surface area contributed by atoms with Crippen LogP contribution in [0.2, 0.25) is 0 Å². The van der Waals surface area contributed by atoms with Crippen molar-refractivity contribution in [1.29, 1.82) is 0 Å². The molecule has 2 N–H and O–H groups in total. The predicted molar refractivity (Wildman–Crippen MR) is 78.7 cm³/mol. The van der Waals surface area contributed by atoms with Gasteiger partial charge in [-0.05, 0) is 38.0 Å². The van der Waals surface area contributed by atoms with Crippen molar-refractivity contribution < 1.29 is 19.5 Å². The Kier molecular flexibility index (Phi) is 6.18. The first-order valence-corrected chi connectivity index (χ1v) is 7.51. The topological polar surface area (TPSA) is 86.7 Å². The molecule has 120 valence electrons. The quantitative estimate of drug-likeness (QED) is 0.776. The van der Waals surface area contributed by atoms with E-state index >= 15 is 0 Å². The number of amides is 2. The van der Waals surface area contributed by atoms with E-state index in [1.807, 2.05) is 0 Å². The lowest BCUT2D eigenvalue weighted by atomic mass is 9.77. The molecule has 0 aromatic carbocycles. The van der Waals surface area contributed by atoms with E-state index in [0.29, 0.717) is 31.6 Å². The molecule has 2 amide bonds. The zero-order valence-electron chi connectivity index (χ0n) is 13.1. The van der Waals surface area contributed by atoms with E-state index in [2.05, 4.69) is 12.2 Å². The number of nitrogens with one attached hydrogen (secondary N) is 1. The zero-order chi connectivity index (χ0) is 16.0. The van der Waals surface area contributed by atoms with Crippen LogP contribution in [0.3, 0.4) is 0 Å². The molecule has 0 aromatic rings. The Labute approximate surface area is 125 Å². The maximum absolute atomic E-state index is 12.0. The smallest absolute Gasteiger partial charge is 0.329 e. The van der Waals surface area contributed by atoms with Gasteiger partial charge in [-0.25, -0.2) is 4.79 Å². The standard InChI is InChI=1S/C15H26N2O4/c1-11-7-9-15(10-8-11,14(20)21)16-12(18)5-4-6-13(19)17(2)3/h11H,4-10H2,1-3H3,(H,16,18)(H,20,21). The van der Waals surface area contributed by atoms with Crippen LogP contribution in [0.25, 0.3) is 0 Å². The van der Waals surface area contributed by atoms with E-state index in [4.69, 9.17) is 0 Å². The molecule has 0 atom stereocenters. The number of carboxylic acid groups (broad SMARTS) is 1. The van der Waals surface area contributed by atoms with Crippen molar-refractivity contribution in [1.82, 2.24) is 10.2 Å². The minimum Gasteiger partial charge on any atom is -0.480 e. The minimum atomic E-state index is -1.12. The highest BCUT2D eigenvalue weighted by Crippen LogP contribution is 2.32. The summed E-state index contributed by atoms with van der Waals surface area (Å²) >= 11 is 0. The van der Waals surface area contributed by atoms with Gasteiger partial charge in [-0.1, -0.05) is 6.92 Å². The molecular formula is C15H26N2O4. The summed E-state index contributed by atoms with van der Waals surface area (Å²) in [7, 11) is 3.34. The molecule has 6 heteroatoms. The Bertz CT molecular complexity index is 398. The molecule has 1 rings (SSSR count). The van der Waals surface area contributed by atoms with Crippen LogP contribution in [0.5, 0.6) is 0 Å². The molecule has 0 radical (unpaired) electrons. The molecule has 0 bridgehead atoms. The van der Waals surface area contributed by atoms with Crippen LogP contribution in [-0.2, 0) is 14.4 Å². The summed E-state index contributed by atoms with van der Waals surface area (Å²) < 4.78 is 0. The lowest BCUT2D eigenvalue weighted by molar-refractivity contribution is -0.149. The normalized spacial score (nSPS) is 25.2. The fraction of sp³-hybridized carbons (Fsp3) is 0.800. The summed E-state index contributed by atoms with van der Waals surface area (Å²) in [5, 5.41) is 12.1. The van der Waals surface area contributed by atoms with Gasteiger partial charge in [0.1, 0.15) is 5.54 Å². The number of hydrogen-bond acceptors (Lipinski definition) is 3. The Balaban J connectivity index is 2.47. The molecule has 1 aliphatic rings. The predicted octanol–water partition coefficient (Wildman–Crippen LogP) is 1.39. The van der Waals surface area contributed by atoms with Crippen molar-refractivity contribution in [2.75, 3.05) is 14.1 Å². The van der Waals surface area contributed by atoms with Crippen LogP contribution >= 0.6 is 0 Å². The number of rotatable bonds is 6. The summed E-state index contributed by atoms with van der Waals surface area (Å²) in [5.41, 5.74) is -1.12. The second kappa shape index (κ2) is 7.43. The second-order valence-electron chi connectivity index (χ2n) is 6.26. The SMILES string of the molecule is CC1CCC(NC(=O)CCCC(=O)N(C)C)(C(=O)O)CC1. The van der Waals surface area contributed by atoms with E-state index in [1.54, 1.807) is 14.1 Å². The Hall–Kier alpha value is -1.59. The second-order valence-corrected chi connectivity index (χ2v) is 6.26. The van der Waals surface area contributed by atoms with Gasteiger partial charge in [-0.2, -0.15) is 0 Å². The van der Waals surface area contributed by atoms with Gasteiger partial charge in [0.15, 0.2) is 0 Å². The summed E-state index contributed by atoms with van der Waals surface area (Å²) in [6.07, 6.45) is 3.51. The highest BCUT2D eigenvalue weighted by molar-refractivity contribution is 5.87. The van der Waals surface area contributed by atoms with Gasteiger partial charge in [-0.3, -0.25) is 9.59 Å². The van der Waals surface area contributed by atoms with Gasteiger partial charge in [0, 0.05) is 26.9 Å². The molecule has 21 heavy (non-hydrogen) atoms. The highest BCUT2D eigenvalue weighted by Gasteiger charge is 2.42. The van der Waals surface area contributed by atoms with Crippen LogP contribution < -0.4 is 5.32 Å². The molecule has 1 fully saturated rings. The minimum absolute atomic E-state index is 0.0257. The van der Waals surface area contributed by atoms with Crippen LogP contribution in [0.15, 0.2) is 0 Å². The van der Waals surface area contributed by atoms with Crippen molar-refractivity contribution >= 4 is 17.8 Å². The molecule has 6 nitrogen and oxygen atoms in total. The van der Waals surface area contributed by atoms with Gasteiger partial charge in [0.05, 0.1) is 0 Å². The van der Waals surface area contributed by atoms with Crippen molar-refractivity contribution in [3.8, 4) is 0 Å². The maximum Gasteiger partial charge on any atom is 0.329 e. The molecule has 0 spiro atoms. The third kappa shape index (κ3) is 5.02. The number of aliphatic carboxylic acids is 1. The van der Waals surface area contributed by atoms with Gasteiger partial charge >= 0.3 is 5.97 Å². The van der Waals surface area contributed by atoms with Gasteiger partial charge < -0.3 is 15.3 Å². The summed E-state index contributed by atoms with van der Waals surface area (Å²) in [6, 6.07) is 0. The van der Waals surface area contributed by atoms with Crippen molar-refractivity contribution in [3.05, 3.63) is 0 Å². The number of carbonyl (C=O) groups excluding carboxylic acids is 2. The number of carbonyl (C=O) groups is 3. The fourth-order valence-corrected chi connectivity index (χ4v) is 2.60. The van der Waals surface area contributed by atoms with Crippen molar-refractivity contribution in [3.63, 3.8) is 0 Å². The number of carboxylic acids is 1. The van der Waals surface area contributed by atoms with Crippen LogP contribution in [0.4, 0.5) is 0 Å².